The molecule has 0 saturated carbocycles. The Hall–Kier alpha value is -11.2. The third-order valence-corrected chi connectivity index (χ3v) is 27.6. The van der Waals surface area contributed by atoms with Gasteiger partial charge in [-0.1, -0.05) is 286 Å². The third kappa shape index (κ3) is 12.5. The van der Waals surface area contributed by atoms with Gasteiger partial charge in [0.05, 0.1) is 22.7 Å². The monoisotopic (exact) mass is 1660 g/mol. The quantitative estimate of drug-likeness (QED) is 0.142. The van der Waals surface area contributed by atoms with E-state index in [1.165, 1.54) is 152 Å². The highest BCUT2D eigenvalue weighted by Crippen LogP contribution is 2.57. The highest BCUT2D eigenvalue weighted by atomic mass is 79.9. The van der Waals surface area contributed by atoms with Gasteiger partial charge in [0.25, 0.3) is 0 Å². The Morgan fingerprint density at radius 3 is 1.22 bits per heavy atom. The third-order valence-electron chi connectivity index (χ3n) is 26.3. The molecule has 0 amide bonds. The molecule has 2 aliphatic rings. The molecule has 584 valence electrons. The van der Waals surface area contributed by atoms with Crippen molar-refractivity contribution in [2.75, 3.05) is 9.80 Å². The molecule has 20 aromatic rings. The van der Waals surface area contributed by atoms with Gasteiger partial charge < -0.3 is 23.1 Å². The van der Waals surface area contributed by atoms with Crippen LogP contribution in [-0.2, 0) is 46.3 Å². The summed E-state index contributed by atoms with van der Waals surface area (Å²) in [6.07, 6.45) is 5.32. The zero-order valence-corrected chi connectivity index (χ0v) is 73.4. The van der Waals surface area contributed by atoms with Gasteiger partial charge in [-0.3, -0.25) is 0 Å². The maximum absolute atomic E-state index is 6.89. The molecule has 0 N–H and O–H groups in total. The van der Waals surface area contributed by atoms with Crippen LogP contribution < -0.4 is 9.80 Å². The Morgan fingerprint density at radius 2 is 0.695 bits per heavy atom. The lowest BCUT2D eigenvalue weighted by molar-refractivity contribution is 0.475. The van der Waals surface area contributed by atoms with Gasteiger partial charge >= 0.3 is 0 Å². The van der Waals surface area contributed by atoms with E-state index in [2.05, 4.69) is 394 Å². The lowest BCUT2D eigenvalue weighted by Crippen LogP contribution is -2.24. The first-order valence-electron chi connectivity index (χ1n) is 42.0. The summed E-state index contributed by atoms with van der Waals surface area (Å²) in [5, 5.41) is 23.0. The predicted octanol–water partition coefficient (Wildman–Crippen LogP) is 33.6. The Kier molecular flexibility index (Phi) is 17.7. The Morgan fingerprint density at radius 1 is 0.305 bits per heavy atom. The van der Waals surface area contributed by atoms with Crippen molar-refractivity contribution in [3.8, 4) is 0 Å². The zero-order valence-electron chi connectivity index (χ0n) is 70.2. The highest BCUT2D eigenvalue weighted by Gasteiger charge is 2.37. The largest absolute Gasteiger partial charge is 0.456 e. The summed E-state index contributed by atoms with van der Waals surface area (Å²) >= 11 is 7.67. The van der Waals surface area contributed by atoms with Crippen molar-refractivity contribution in [1.82, 2.24) is 0 Å². The molecular weight excluding hydrogens is 1570 g/mol. The lowest BCUT2D eigenvalue weighted by Gasteiger charge is -2.37. The fraction of sp³-hybridized carbons (Fsp3) is 0.225. The molecule has 7 heteroatoms. The topological polar surface area (TPSA) is 45.9 Å². The van der Waals surface area contributed by atoms with Gasteiger partial charge in [0.1, 0.15) is 22.3 Å². The molecule has 0 saturated heterocycles. The van der Waals surface area contributed by atoms with E-state index in [0.29, 0.717) is 0 Å². The molecule has 3 aromatic heterocycles. The van der Waals surface area contributed by atoms with E-state index in [1.807, 2.05) is 12.1 Å². The number of hydrogen-bond donors (Lipinski definition) is 0. The molecule has 0 aliphatic heterocycles. The summed E-state index contributed by atoms with van der Waals surface area (Å²) in [7, 11) is 0. The van der Waals surface area contributed by atoms with Crippen LogP contribution in [0.1, 0.15) is 164 Å². The highest BCUT2D eigenvalue weighted by molar-refractivity contribution is 9.11. The van der Waals surface area contributed by atoms with Crippen LogP contribution in [0.4, 0.5) is 34.1 Å². The lowest BCUT2D eigenvalue weighted by atomic mass is 9.70. The molecule has 118 heavy (non-hydrogen) atoms. The molecule has 0 unspecified atom stereocenters. The van der Waals surface area contributed by atoms with Crippen molar-refractivity contribution in [3.05, 3.63) is 331 Å². The van der Waals surface area contributed by atoms with Crippen LogP contribution >= 0.6 is 31.9 Å². The van der Waals surface area contributed by atoms with Gasteiger partial charge in [0.2, 0.25) is 0 Å². The van der Waals surface area contributed by atoms with E-state index in [4.69, 9.17) is 13.3 Å². The summed E-state index contributed by atoms with van der Waals surface area (Å²) in [6.45, 7) is 34.6. The summed E-state index contributed by atoms with van der Waals surface area (Å²) in [6, 6.07) is 96.2. The first-order valence-corrected chi connectivity index (χ1v) is 43.6. The van der Waals surface area contributed by atoms with E-state index < -0.39 is 0 Å². The maximum atomic E-state index is 6.89. The number of hydrogen-bond acceptors (Lipinski definition) is 5. The van der Waals surface area contributed by atoms with E-state index in [0.717, 1.165) is 115 Å². The molecule has 0 atom stereocenters. The molecule has 3 heterocycles. The van der Waals surface area contributed by atoms with Crippen molar-refractivity contribution >= 4 is 196 Å². The SMILES string of the molecule is CC(C)(C)c1ccc(Cc2ccc3c(c2)oc2ccccc23)cc1.Cc1cc(Br)c2cc3c4c(cc(Br)c5ccc1c2c54)CCC3(C)C.Cc1cc(N(c2ccc(C(C)(C)C)cc2)c2cccc3c2oc2ccccc23)c2cc3c4c(cc(N(c5ccc(C(C)(C)C)cc5)c5cccc6c5oc5ccccc56)c5ccc1c2c54)CCC3(C)C. The predicted molar refractivity (Wildman–Crippen MR) is 511 cm³/mol. The molecule has 22 rings (SSSR count). The van der Waals surface area contributed by atoms with Crippen molar-refractivity contribution in [1.29, 1.82) is 0 Å². The van der Waals surface area contributed by atoms with Gasteiger partial charge in [0.15, 0.2) is 11.2 Å². The van der Waals surface area contributed by atoms with Crippen molar-refractivity contribution < 1.29 is 13.3 Å². The normalized spacial score (nSPS) is 14.2. The minimum absolute atomic E-state index is 0.00774. The summed E-state index contributed by atoms with van der Waals surface area (Å²) in [5.41, 5.74) is 27.3. The smallest absolute Gasteiger partial charge is 0.159 e. The fourth-order valence-electron chi connectivity index (χ4n) is 19.7. The minimum Gasteiger partial charge on any atom is -0.456 e. The average Bonchev–Trinajstić information content (AvgIpc) is 0.788. The summed E-state index contributed by atoms with van der Waals surface area (Å²) in [4.78, 5) is 4.96. The van der Waals surface area contributed by atoms with Crippen molar-refractivity contribution in [2.45, 2.75) is 163 Å². The second-order valence-corrected chi connectivity index (χ2v) is 39.8. The average molecular weight is 1670 g/mol. The minimum atomic E-state index is -0.0657. The molecular formula is C111H98Br2N2O3. The summed E-state index contributed by atoms with van der Waals surface area (Å²) < 4.78 is 22.2. The van der Waals surface area contributed by atoms with Crippen LogP contribution in [0.15, 0.2) is 283 Å². The zero-order chi connectivity index (χ0) is 81.5. The van der Waals surface area contributed by atoms with Crippen LogP contribution in [0.3, 0.4) is 0 Å². The Balaban J connectivity index is 0.000000150. The van der Waals surface area contributed by atoms with Gasteiger partial charge in [0, 0.05) is 68.8 Å². The van der Waals surface area contributed by atoms with Gasteiger partial charge in [-0.15, -0.1) is 0 Å². The van der Waals surface area contributed by atoms with Gasteiger partial charge in [-0.05, 0) is 280 Å². The van der Waals surface area contributed by atoms with Crippen LogP contribution in [0.2, 0.25) is 0 Å². The number of aryl methyl sites for hydroxylation is 4. The van der Waals surface area contributed by atoms with Gasteiger partial charge in [-0.25, -0.2) is 0 Å². The van der Waals surface area contributed by atoms with Crippen molar-refractivity contribution in [2.24, 2.45) is 0 Å². The number of rotatable bonds is 8. The second kappa shape index (κ2) is 27.7. The van der Waals surface area contributed by atoms with E-state index >= 15 is 0 Å². The first kappa shape index (κ1) is 75.5. The van der Waals surface area contributed by atoms with Crippen LogP contribution in [0.5, 0.6) is 0 Å². The number of fused-ring (bicyclic) bond motifs is 9. The van der Waals surface area contributed by atoms with Crippen LogP contribution in [0.25, 0.3) is 130 Å². The van der Waals surface area contributed by atoms with Crippen molar-refractivity contribution in [3.63, 3.8) is 0 Å². The van der Waals surface area contributed by atoms with E-state index in [1.54, 1.807) is 0 Å². The Labute approximate surface area is 708 Å². The van der Waals surface area contributed by atoms with Crippen LogP contribution in [-0.4, -0.2) is 0 Å². The number of para-hydroxylation sites is 5. The number of benzene rings is 17. The molecule has 0 radical (unpaired) electrons. The second-order valence-electron chi connectivity index (χ2n) is 38.1. The van der Waals surface area contributed by atoms with Gasteiger partial charge in [-0.2, -0.15) is 0 Å². The molecule has 0 spiro atoms. The number of nitrogens with zero attached hydrogens (tertiary/aromatic N) is 2. The fourth-order valence-corrected chi connectivity index (χ4v) is 20.9. The van der Waals surface area contributed by atoms with Crippen LogP contribution in [0, 0.1) is 13.8 Å². The molecule has 0 fully saturated rings. The molecule has 5 nitrogen and oxygen atoms in total. The first-order chi connectivity index (χ1) is 56.5. The number of anilines is 6. The molecule has 2 aliphatic carbocycles. The summed E-state index contributed by atoms with van der Waals surface area (Å²) in [5.74, 6) is 0. The standard InChI is InChI=1S/C66H58N2O2.C23H22O.C22H18Br2/c1-39-36-55(67(43-28-24-41(25-29-43)64(2,3)4)53-20-14-18-48-46-16-10-12-22-57(46)69-62(48)53)51-38-52-59-40(34-35-66(52,8)9)37-56(50-33-32-45(39)60(51)61(50)59)68(44-30-26-42(27-31-44)65(5,6)7)54-21-15-19-49-47-17-11-13-23-58(47)70-63(49)54;1-23(2,3)18-11-8-16(9-12-18)14-17-10-13-20-19-6-4-5-7-21(19)24-22(20)15-17;1-11-8-17(23)15-10-16-19-12(6-7-22(16,2)3)9-18(24)14-5-4-13(11)20(15)21(14)19/h10-33,36-38H,34-35H2,1-9H3;4-13,15H,14H2,1-3H3;4-5,8-10H,6-7H2,1-3H3. The van der Waals surface area contributed by atoms with E-state index in [9.17, 15) is 0 Å². The number of halogens is 2. The van der Waals surface area contributed by atoms with E-state index in [-0.39, 0.29) is 27.1 Å². The Bertz CT molecular complexity index is 7430. The molecule has 17 aromatic carbocycles. The number of furan rings is 3. The molecule has 0 bridgehead atoms. The maximum Gasteiger partial charge on any atom is 0.159 e.